The van der Waals surface area contributed by atoms with E-state index in [0.29, 0.717) is 40.4 Å². The first-order valence-electron chi connectivity index (χ1n) is 12.1. The number of pyridine rings is 1. The van der Waals surface area contributed by atoms with Crippen LogP contribution in [0.25, 0.3) is 5.65 Å². The third kappa shape index (κ3) is 2.85. The Morgan fingerprint density at radius 2 is 2.23 bits per heavy atom. The van der Waals surface area contributed by atoms with E-state index in [1.165, 1.54) is 6.20 Å². The van der Waals surface area contributed by atoms with Crippen LogP contribution in [0.15, 0.2) is 35.4 Å². The van der Waals surface area contributed by atoms with E-state index in [4.69, 9.17) is 9.47 Å². The summed E-state index contributed by atoms with van der Waals surface area (Å²) in [4.78, 5) is 31.0. The van der Waals surface area contributed by atoms with Crippen molar-refractivity contribution in [3.8, 4) is 0 Å². The Labute approximate surface area is 200 Å². The van der Waals surface area contributed by atoms with Crippen molar-refractivity contribution in [1.82, 2.24) is 24.5 Å². The van der Waals surface area contributed by atoms with Gasteiger partial charge in [-0.05, 0) is 31.4 Å². The summed E-state index contributed by atoms with van der Waals surface area (Å²) in [5.74, 6) is 1.80. The Kier molecular flexibility index (Phi) is 4.35. The molecule has 6 atom stereocenters. The summed E-state index contributed by atoms with van der Waals surface area (Å²) < 4.78 is 14.6. The molecule has 35 heavy (non-hydrogen) atoms. The topological polar surface area (TPSA) is 124 Å². The van der Waals surface area contributed by atoms with Crippen LogP contribution in [-0.2, 0) is 15.0 Å². The van der Waals surface area contributed by atoms with E-state index < -0.39 is 0 Å². The minimum absolute atomic E-state index is 0.0580. The number of nitrogens with zero attached hydrogens (tertiary/aromatic N) is 4. The lowest BCUT2D eigenvalue weighted by atomic mass is 10.2. The van der Waals surface area contributed by atoms with E-state index in [9.17, 15) is 9.59 Å². The van der Waals surface area contributed by atoms with Crippen LogP contribution in [0.5, 0.6) is 0 Å². The molecule has 182 valence electrons. The molecule has 0 aromatic carbocycles. The van der Waals surface area contributed by atoms with Crippen LogP contribution in [0.2, 0.25) is 0 Å². The molecule has 3 aromatic heterocycles. The average molecular weight is 478 g/mol. The van der Waals surface area contributed by atoms with Gasteiger partial charge in [0.1, 0.15) is 22.9 Å². The number of hydrogen-bond acceptors (Lipinski definition) is 8. The zero-order chi connectivity index (χ0) is 23.9. The van der Waals surface area contributed by atoms with Gasteiger partial charge in [0.25, 0.3) is 11.5 Å². The van der Waals surface area contributed by atoms with Gasteiger partial charge in [-0.1, -0.05) is 0 Å². The monoisotopic (exact) mass is 477 g/mol. The standard InChI is InChI=1S/C24H27N7O4/c1-25-18-9-17(28-16-4-3-7-30(23(16)33)24-15-11-35-20(24)19(15)24)29-21-14(10-26-31(18)21)22(32)27-12-5-6-13(8-12)34-2/h3-4,7,9-10,12-13,15,19-20,25H,5-6,8,11H2,1-2H3,(H,27,32)(H,28,29)/t12-,13-,15+,19+,20?,24+/m0/s1. The predicted molar refractivity (Wildman–Crippen MR) is 127 cm³/mol. The summed E-state index contributed by atoms with van der Waals surface area (Å²) in [5.41, 5.74) is 0.980. The maximum atomic E-state index is 13.3. The van der Waals surface area contributed by atoms with Gasteiger partial charge in [0.15, 0.2) is 5.65 Å². The van der Waals surface area contributed by atoms with Crippen molar-refractivity contribution in [2.45, 2.75) is 43.1 Å². The first-order valence-corrected chi connectivity index (χ1v) is 12.1. The van der Waals surface area contributed by atoms with Crippen molar-refractivity contribution in [2.24, 2.45) is 11.8 Å². The highest BCUT2D eigenvalue weighted by molar-refractivity contribution is 6.00. The molecule has 11 nitrogen and oxygen atoms in total. The molecule has 11 heteroatoms. The second-order valence-corrected chi connectivity index (χ2v) is 9.91. The van der Waals surface area contributed by atoms with Gasteiger partial charge in [-0.15, -0.1) is 0 Å². The number of anilines is 3. The molecule has 8 rings (SSSR count). The predicted octanol–water partition coefficient (Wildman–Crippen LogP) is 1.33. The van der Waals surface area contributed by atoms with Gasteiger partial charge in [-0.3, -0.25) is 9.59 Å². The first kappa shape index (κ1) is 20.9. The van der Waals surface area contributed by atoms with Gasteiger partial charge < -0.3 is 30.0 Å². The Balaban J connectivity index is 1.19. The molecule has 5 fully saturated rings. The maximum absolute atomic E-state index is 13.3. The van der Waals surface area contributed by atoms with Gasteiger partial charge >= 0.3 is 0 Å². The van der Waals surface area contributed by atoms with Crippen molar-refractivity contribution < 1.29 is 14.3 Å². The SMILES string of the molecule is CNc1cc(Nc2cccn([C@]34C5OC[C@@H]3[C@H]54)c2=O)nc2c(C(=O)N[C@H]3CC[C@H](OC)C3)cnn12. The van der Waals surface area contributed by atoms with Crippen LogP contribution in [-0.4, -0.2) is 64.1 Å². The maximum Gasteiger partial charge on any atom is 0.274 e. The molecule has 0 radical (unpaired) electrons. The molecule has 3 aromatic rings. The first-order chi connectivity index (χ1) is 17.1. The molecule has 5 heterocycles. The summed E-state index contributed by atoms with van der Waals surface area (Å²) in [6.45, 7) is 0.738. The molecule has 1 unspecified atom stereocenters. The number of rotatable bonds is 7. The summed E-state index contributed by atoms with van der Waals surface area (Å²) in [6, 6.07) is 5.44. The van der Waals surface area contributed by atoms with E-state index in [1.54, 1.807) is 30.8 Å². The molecule has 2 bridgehead atoms. The van der Waals surface area contributed by atoms with Gasteiger partial charge in [-0.25, -0.2) is 4.98 Å². The number of methoxy groups -OCH3 is 1. The highest BCUT2D eigenvalue weighted by atomic mass is 16.5. The molecule has 3 aliphatic carbocycles. The van der Waals surface area contributed by atoms with Gasteiger partial charge in [0.05, 0.1) is 30.6 Å². The van der Waals surface area contributed by atoms with E-state index in [0.717, 1.165) is 25.9 Å². The number of ether oxygens (including phenoxy) is 2. The summed E-state index contributed by atoms with van der Waals surface area (Å²) in [6.07, 6.45) is 6.32. The van der Waals surface area contributed by atoms with Crippen LogP contribution in [0.4, 0.5) is 17.3 Å². The number of amides is 1. The van der Waals surface area contributed by atoms with Crippen molar-refractivity contribution in [2.75, 3.05) is 31.4 Å². The Morgan fingerprint density at radius 3 is 2.94 bits per heavy atom. The highest BCUT2D eigenvalue weighted by Gasteiger charge is 2.93. The smallest absolute Gasteiger partial charge is 0.274 e. The van der Waals surface area contributed by atoms with Crippen LogP contribution < -0.4 is 21.5 Å². The van der Waals surface area contributed by atoms with Gasteiger partial charge in [0.2, 0.25) is 0 Å². The number of hydrogen-bond donors (Lipinski definition) is 3. The van der Waals surface area contributed by atoms with Crippen molar-refractivity contribution in [3.63, 3.8) is 0 Å². The lowest BCUT2D eigenvalue weighted by Crippen LogP contribution is -2.33. The number of nitrogens with one attached hydrogen (secondary N) is 3. The zero-order valence-electron chi connectivity index (χ0n) is 19.5. The van der Waals surface area contributed by atoms with Gasteiger partial charge in [0, 0.05) is 44.3 Å². The second-order valence-electron chi connectivity index (χ2n) is 9.91. The Morgan fingerprint density at radius 1 is 1.34 bits per heavy atom. The fourth-order valence-corrected chi connectivity index (χ4v) is 6.29. The average Bonchev–Trinajstić information content (AvgIpc) is 3.31. The molecule has 0 spiro atoms. The minimum Gasteiger partial charge on any atom is -0.381 e. The molecular formula is C24H27N7O4. The summed E-state index contributed by atoms with van der Waals surface area (Å²) in [5, 5.41) is 13.7. The van der Waals surface area contributed by atoms with E-state index >= 15 is 0 Å². The fraction of sp³-hybridized carbons (Fsp3) is 0.500. The third-order valence-corrected chi connectivity index (χ3v) is 8.23. The normalized spacial score (nSPS) is 31.9. The Hall–Kier alpha value is -3.44. The zero-order valence-corrected chi connectivity index (χ0v) is 19.5. The molecular weight excluding hydrogens is 450 g/mol. The summed E-state index contributed by atoms with van der Waals surface area (Å²) >= 11 is 0. The molecule has 3 saturated carbocycles. The van der Waals surface area contributed by atoms with Crippen LogP contribution in [0, 0.1) is 11.8 Å². The number of carbonyl (C=O) groups excluding carboxylic acids is 1. The molecule has 1 amide bonds. The van der Waals surface area contributed by atoms with Crippen LogP contribution in [0.1, 0.15) is 29.6 Å². The largest absolute Gasteiger partial charge is 0.381 e. The summed E-state index contributed by atoms with van der Waals surface area (Å²) in [7, 11) is 3.47. The van der Waals surface area contributed by atoms with Crippen molar-refractivity contribution >= 4 is 28.9 Å². The number of fused-ring (bicyclic) bond motifs is 2. The molecule has 5 aliphatic rings. The second kappa shape index (κ2) is 7.28. The lowest BCUT2D eigenvalue weighted by molar-refractivity contribution is 0.0916. The molecule has 2 saturated heterocycles. The molecule has 3 N–H and O–H groups in total. The third-order valence-electron chi connectivity index (χ3n) is 8.23. The van der Waals surface area contributed by atoms with E-state index in [2.05, 4.69) is 26.0 Å². The fourth-order valence-electron chi connectivity index (χ4n) is 6.29. The quantitative estimate of drug-likeness (QED) is 0.466. The van der Waals surface area contributed by atoms with E-state index in [1.807, 2.05) is 16.8 Å². The van der Waals surface area contributed by atoms with Crippen LogP contribution in [0.3, 0.4) is 0 Å². The lowest BCUT2D eigenvalue weighted by Gasteiger charge is -2.14. The highest BCUT2D eigenvalue weighted by Crippen LogP contribution is 2.82. The van der Waals surface area contributed by atoms with E-state index in [-0.39, 0.29) is 35.3 Å². The van der Waals surface area contributed by atoms with Crippen LogP contribution >= 0.6 is 0 Å². The number of carbonyl (C=O) groups is 1. The van der Waals surface area contributed by atoms with Gasteiger partial charge in [-0.2, -0.15) is 9.61 Å². The Bertz CT molecular complexity index is 1390. The number of aromatic nitrogens is 4. The van der Waals surface area contributed by atoms with Crippen molar-refractivity contribution in [1.29, 1.82) is 0 Å². The minimum atomic E-state index is -0.224. The molecule has 2 aliphatic heterocycles. The van der Waals surface area contributed by atoms with Crippen molar-refractivity contribution in [3.05, 3.63) is 46.5 Å².